The van der Waals surface area contributed by atoms with Gasteiger partial charge in [-0.05, 0) is 18.2 Å². The van der Waals surface area contributed by atoms with E-state index in [1.54, 1.807) is 4.57 Å². The molecular weight excluding hydrogens is 312 g/mol. The molecule has 2 heterocycles. The molecule has 5 nitrogen and oxygen atoms in total. The van der Waals surface area contributed by atoms with Gasteiger partial charge < -0.3 is 9.15 Å². The maximum Gasteiger partial charge on any atom is 0.419 e. The van der Waals surface area contributed by atoms with Crippen molar-refractivity contribution in [1.29, 1.82) is 0 Å². The molecule has 0 bridgehead atoms. The normalized spacial score (nSPS) is 17.1. The topological polar surface area (TPSA) is 47.6 Å². The Morgan fingerprint density at radius 1 is 1.21 bits per heavy atom. The first-order valence-corrected chi connectivity index (χ1v) is 7.12. The van der Waals surface area contributed by atoms with Crippen molar-refractivity contribution >= 4 is 27.0 Å². The lowest BCUT2D eigenvalue weighted by molar-refractivity contribution is 0.0363. The van der Waals surface area contributed by atoms with E-state index in [1.807, 2.05) is 18.2 Å². The van der Waals surface area contributed by atoms with Crippen LogP contribution in [0.5, 0.6) is 0 Å². The maximum absolute atomic E-state index is 11.9. The minimum absolute atomic E-state index is 0.290. The third kappa shape index (κ3) is 2.75. The zero-order chi connectivity index (χ0) is 13.2. The number of nitrogens with zero attached hydrogens (tertiary/aromatic N) is 2. The molecule has 102 valence electrons. The van der Waals surface area contributed by atoms with E-state index < -0.39 is 0 Å². The van der Waals surface area contributed by atoms with Gasteiger partial charge in [-0.15, -0.1) is 0 Å². The van der Waals surface area contributed by atoms with Gasteiger partial charge in [0.2, 0.25) is 0 Å². The van der Waals surface area contributed by atoms with Crippen molar-refractivity contribution in [3.05, 3.63) is 33.2 Å². The van der Waals surface area contributed by atoms with Crippen LogP contribution in [0.4, 0.5) is 0 Å². The van der Waals surface area contributed by atoms with Crippen LogP contribution in [0.2, 0.25) is 0 Å². The molecule has 0 atom stereocenters. The smallest absolute Gasteiger partial charge is 0.408 e. The van der Waals surface area contributed by atoms with Crippen LogP contribution in [0.15, 0.2) is 31.9 Å². The second kappa shape index (κ2) is 5.48. The third-order valence-corrected chi connectivity index (χ3v) is 3.87. The van der Waals surface area contributed by atoms with Gasteiger partial charge in [-0.25, -0.2) is 4.79 Å². The van der Waals surface area contributed by atoms with Gasteiger partial charge in [0.05, 0.1) is 18.7 Å². The first kappa shape index (κ1) is 12.9. The number of hydrogen-bond donors (Lipinski definition) is 0. The van der Waals surface area contributed by atoms with E-state index in [2.05, 4.69) is 20.8 Å². The molecule has 2 aromatic rings. The van der Waals surface area contributed by atoms with Crippen LogP contribution in [0.3, 0.4) is 0 Å². The zero-order valence-electron chi connectivity index (χ0n) is 10.5. The van der Waals surface area contributed by atoms with E-state index >= 15 is 0 Å². The Kier molecular flexibility index (Phi) is 3.72. The third-order valence-electron chi connectivity index (χ3n) is 3.37. The van der Waals surface area contributed by atoms with E-state index in [0.717, 1.165) is 42.8 Å². The number of hydrogen-bond acceptors (Lipinski definition) is 4. The molecule has 1 fully saturated rings. The molecule has 1 aromatic heterocycles. The fourth-order valence-corrected chi connectivity index (χ4v) is 2.66. The summed E-state index contributed by atoms with van der Waals surface area (Å²) in [5.74, 6) is -0.290. The van der Waals surface area contributed by atoms with Crippen molar-refractivity contribution in [2.45, 2.75) is 6.54 Å². The average Bonchev–Trinajstić information content (AvgIpc) is 2.73. The predicted molar refractivity (Wildman–Crippen MR) is 75.4 cm³/mol. The molecule has 0 saturated carbocycles. The lowest BCUT2D eigenvalue weighted by Gasteiger charge is -2.26. The SMILES string of the molecule is O=c1oc2ccc(Br)cc2n1CCN1CCOCC1. The number of fused-ring (bicyclic) bond motifs is 1. The average molecular weight is 327 g/mol. The van der Waals surface area contributed by atoms with Crippen molar-refractivity contribution < 1.29 is 9.15 Å². The summed E-state index contributed by atoms with van der Waals surface area (Å²) in [5, 5.41) is 0. The summed E-state index contributed by atoms with van der Waals surface area (Å²) in [6, 6.07) is 5.60. The molecule has 0 spiro atoms. The van der Waals surface area contributed by atoms with Crippen LogP contribution in [-0.2, 0) is 11.3 Å². The Bertz CT molecular complexity index is 628. The van der Waals surface area contributed by atoms with Crippen molar-refractivity contribution in [2.75, 3.05) is 32.8 Å². The highest BCUT2D eigenvalue weighted by molar-refractivity contribution is 9.10. The van der Waals surface area contributed by atoms with Gasteiger partial charge in [0.1, 0.15) is 0 Å². The first-order chi connectivity index (χ1) is 9.24. The molecule has 6 heteroatoms. The number of benzene rings is 1. The summed E-state index contributed by atoms with van der Waals surface area (Å²) in [6.07, 6.45) is 0. The highest BCUT2D eigenvalue weighted by atomic mass is 79.9. The minimum Gasteiger partial charge on any atom is -0.408 e. The summed E-state index contributed by atoms with van der Waals surface area (Å²) in [5.41, 5.74) is 1.47. The Morgan fingerprint density at radius 2 is 2.00 bits per heavy atom. The van der Waals surface area contributed by atoms with Gasteiger partial charge in [0.25, 0.3) is 0 Å². The van der Waals surface area contributed by atoms with Crippen molar-refractivity contribution in [3.63, 3.8) is 0 Å². The summed E-state index contributed by atoms with van der Waals surface area (Å²) in [7, 11) is 0. The van der Waals surface area contributed by atoms with E-state index in [9.17, 15) is 4.79 Å². The van der Waals surface area contributed by atoms with Gasteiger partial charge in [-0.2, -0.15) is 0 Å². The molecule has 0 amide bonds. The minimum atomic E-state index is -0.290. The van der Waals surface area contributed by atoms with Gasteiger partial charge in [-0.1, -0.05) is 15.9 Å². The molecule has 19 heavy (non-hydrogen) atoms. The summed E-state index contributed by atoms with van der Waals surface area (Å²) in [4.78, 5) is 14.2. The Morgan fingerprint density at radius 3 is 2.79 bits per heavy atom. The highest BCUT2D eigenvalue weighted by Crippen LogP contribution is 2.18. The zero-order valence-corrected chi connectivity index (χ0v) is 12.1. The van der Waals surface area contributed by atoms with E-state index in [-0.39, 0.29) is 5.76 Å². The highest BCUT2D eigenvalue weighted by Gasteiger charge is 2.13. The number of morpholine rings is 1. The Hall–Kier alpha value is -1.11. The molecule has 1 aromatic carbocycles. The fraction of sp³-hybridized carbons (Fsp3) is 0.462. The van der Waals surface area contributed by atoms with Crippen LogP contribution in [-0.4, -0.2) is 42.3 Å². The van der Waals surface area contributed by atoms with Crippen molar-refractivity contribution in [3.8, 4) is 0 Å². The molecule has 0 unspecified atom stereocenters. The van der Waals surface area contributed by atoms with Crippen LogP contribution < -0.4 is 5.76 Å². The number of oxazole rings is 1. The molecular formula is C13H15BrN2O3. The number of ether oxygens (including phenoxy) is 1. The summed E-state index contributed by atoms with van der Waals surface area (Å²) >= 11 is 3.42. The lowest BCUT2D eigenvalue weighted by atomic mass is 10.3. The van der Waals surface area contributed by atoms with Crippen molar-refractivity contribution in [1.82, 2.24) is 9.47 Å². The van der Waals surface area contributed by atoms with Crippen molar-refractivity contribution in [2.24, 2.45) is 0 Å². The number of halogens is 1. The monoisotopic (exact) mass is 326 g/mol. The van der Waals surface area contributed by atoms with E-state index in [1.165, 1.54) is 0 Å². The van der Waals surface area contributed by atoms with E-state index in [4.69, 9.17) is 9.15 Å². The number of aromatic nitrogens is 1. The Labute approximate surface area is 118 Å². The molecule has 1 aliphatic rings. The lowest BCUT2D eigenvalue weighted by Crippen LogP contribution is -2.38. The Balaban J connectivity index is 1.81. The first-order valence-electron chi connectivity index (χ1n) is 6.33. The second-order valence-electron chi connectivity index (χ2n) is 4.59. The van der Waals surface area contributed by atoms with Gasteiger partial charge in [0, 0.05) is 30.7 Å². The standard InChI is InChI=1S/C13H15BrN2O3/c14-10-1-2-12-11(9-10)16(13(17)19-12)4-3-15-5-7-18-8-6-15/h1-2,9H,3-8H2. The van der Waals surface area contributed by atoms with Crippen LogP contribution >= 0.6 is 15.9 Å². The van der Waals surface area contributed by atoms with Gasteiger partial charge >= 0.3 is 5.76 Å². The molecule has 0 aliphatic carbocycles. The summed E-state index contributed by atoms with van der Waals surface area (Å²) in [6.45, 7) is 4.87. The largest absolute Gasteiger partial charge is 0.419 e. The van der Waals surface area contributed by atoms with Gasteiger partial charge in [-0.3, -0.25) is 9.47 Å². The molecule has 1 saturated heterocycles. The van der Waals surface area contributed by atoms with Crippen LogP contribution in [0.1, 0.15) is 0 Å². The van der Waals surface area contributed by atoms with Crippen LogP contribution in [0.25, 0.3) is 11.1 Å². The second-order valence-corrected chi connectivity index (χ2v) is 5.50. The van der Waals surface area contributed by atoms with E-state index in [0.29, 0.717) is 12.1 Å². The predicted octanol–water partition coefficient (Wildman–Crippen LogP) is 1.69. The molecule has 3 rings (SSSR count). The maximum atomic E-state index is 11.9. The fourth-order valence-electron chi connectivity index (χ4n) is 2.31. The summed E-state index contributed by atoms with van der Waals surface area (Å²) < 4.78 is 13.2. The number of rotatable bonds is 3. The molecule has 0 radical (unpaired) electrons. The molecule has 0 N–H and O–H groups in total. The van der Waals surface area contributed by atoms with Crippen LogP contribution in [0, 0.1) is 0 Å². The molecule has 1 aliphatic heterocycles. The van der Waals surface area contributed by atoms with Gasteiger partial charge in [0.15, 0.2) is 5.58 Å². The quantitative estimate of drug-likeness (QED) is 0.861.